The van der Waals surface area contributed by atoms with Gasteiger partial charge < -0.3 is 10.1 Å². The molecule has 0 aliphatic heterocycles. The van der Waals surface area contributed by atoms with E-state index in [2.05, 4.69) is 15.8 Å². The van der Waals surface area contributed by atoms with E-state index in [4.69, 9.17) is 4.74 Å². The number of nitrogens with zero attached hydrogens (tertiary/aromatic N) is 1. The summed E-state index contributed by atoms with van der Waals surface area (Å²) in [5.41, 5.74) is 2.64. The lowest BCUT2D eigenvalue weighted by molar-refractivity contribution is -0.137. The summed E-state index contributed by atoms with van der Waals surface area (Å²) in [4.78, 5) is 11.7. The molecule has 0 radical (unpaired) electrons. The van der Waals surface area contributed by atoms with Gasteiger partial charge in [0.2, 0.25) is 0 Å². The van der Waals surface area contributed by atoms with Crippen molar-refractivity contribution in [1.82, 2.24) is 5.43 Å². The molecule has 2 rings (SSSR count). The Kier molecular flexibility index (Phi) is 5.99. The van der Waals surface area contributed by atoms with E-state index in [-0.39, 0.29) is 6.54 Å². The summed E-state index contributed by atoms with van der Waals surface area (Å²) in [6.07, 6.45) is -3.12. The second-order valence-corrected chi connectivity index (χ2v) is 4.97. The lowest BCUT2D eigenvalue weighted by Crippen LogP contribution is -2.26. The van der Waals surface area contributed by atoms with E-state index in [1.165, 1.54) is 25.5 Å². The third-order valence-corrected chi connectivity index (χ3v) is 3.19. The highest BCUT2D eigenvalue weighted by atomic mass is 19.4. The van der Waals surface area contributed by atoms with Crippen molar-refractivity contribution in [2.24, 2.45) is 5.10 Å². The van der Waals surface area contributed by atoms with Crippen molar-refractivity contribution in [2.75, 3.05) is 19.0 Å². The van der Waals surface area contributed by atoms with E-state index in [0.29, 0.717) is 17.0 Å². The van der Waals surface area contributed by atoms with E-state index >= 15 is 0 Å². The Hall–Kier alpha value is -3.03. The molecule has 0 saturated carbocycles. The molecule has 25 heavy (non-hydrogen) atoms. The van der Waals surface area contributed by atoms with Crippen LogP contribution < -0.4 is 15.5 Å². The predicted molar refractivity (Wildman–Crippen MR) is 88.7 cm³/mol. The highest BCUT2D eigenvalue weighted by Gasteiger charge is 2.29. The number of para-hydroxylation sites is 2. The number of halogens is 3. The highest BCUT2D eigenvalue weighted by molar-refractivity contribution is 5.84. The largest absolute Gasteiger partial charge is 0.495 e. The van der Waals surface area contributed by atoms with Gasteiger partial charge in [-0.2, -0.15) is 18.3 Å². The van der Waals surface area contributed by atoms with Gasteiger partial charge in [-0.3, -0.25) is 4.79 Å². The van der Waals surface area contributed by atoms with E-state index in [1.807, 2.05) is 0 Å². The zero-order chi connectivity index (χ0) is 18.3. The van der Waals surface area contributed by atoms with E-state index in [0.717, 1.165) is 12.1 Å². The van der Waals surface area contributed by atoms with Crippen LogP contribution in [0.5, 0.6) is 5.75 Å². The average molecular weight is 351 g/mol. The van der Waals surface area contributed by atoms with E-state index in [1.54, 1.807) is 24.3 Å². The number of hydrogen-bond acceptors (Lipinski definition) is 4. The minimum absolute atomic E-state index is 0.0370. The van der Waals surface area contributed by atoms with Crippen molar-refractivity contribution in [3.8, 4) is 5.75 Å². The number of hydrazone groups is 1. The van der Waals surface area contributed by atoms with Crippen LogP contribution in [0.15, 0.2) is 53.6 Å². The fourth-order valence-corrected chi connectivity index (χ4v) is 1.94. The Morgan fingerprint density at radius 3 is 2.48 bits per heavy atom. The summed E-state index contributed by atoms with van der Waals surface area (Å²) >= 11 is 0. The lowest BCUT2D eigenvalue weighted by atomic mass is 10.1. The SMILES string of the molecule is COc1ccccc1NCC(=O)N/N=C\c1ccc(C(F)(F)F)cc1. The maximum atomic E-state index is 12.4. The number of rotatable bonds is 6. The summed E-state index contributed by atoms with van der Waals surface area (Å²) < 4.78 is 42.5. The maximum absolute atomic E-state index is 12.4. The first-order chi connectivity index (χ1) is 11.9. The minimum Gasteiger partial charge on any atom is -0.495 e. The summed E-state index contributed by atoms with van der Waals surface area (Å²) in [5, 5.41) is 6.61. The van der Waals surface area contributed by atoms with Crippen LogP contribution in [0, 0.1) is 0 Å². The second-order valence-electron chi connectivity index (χ2n) is 4.97. The molecule has 2 N–H and O–H groups in total. The van der Waals surface area contributed by atoms with Gasteiger partial charge in [-0.1, -0.05) is 24.3 Å². The van der Waals surface area contributed by atoms with Crippen molar-refractivity contribution in [3.63, 3.8) is 0 Å². The monoisotopic (exact) mass is 351 g/mol. The van der Waals surface area contributed by atoms with Gasteiger partial charge in [0.15, 0.2) is 0 Å². The normalized spacial score (nSPS) is 11.4. The van der Waals surface area contributed by atoms with Gasteiger partial charge in [0.05, 0.1) is 31.1 Å². The average Bonchev–Trinajstić information content (AvgIpc) is 2.60. The van der Waals surface area contributed by atoms with Crippen LogP contribution >= 0.6 is 0 Å². The van der Waals surface area contributed by atoms with Crippen molar-refractivity contribution in [3.05, 3.63) is 59.7 Å². The first kappa shape index (κ1) is 18.3. The molecule has 0 atom stereocenters. The quantitative estimate of drug-likeness (QED) is 0.620. The smallest absolute Gasteiger partial charge is 0.416 e. The summed E-state index contributed by atoms with van der Waals surface area (Å²) in [6.45, 7) is -0.0370. The Morgan fingerprint density at radius 1 is 1.16 bits per heavy atom. The molecule has 1 amide bonds. The van der Waals surface area contributed by atoms with Gasteiger partial charge in [0.25, 0.3) is 5.91 Å². The van der Waals surface area contributed by atoms with E-state index in [9.17, 15) is 18.0 Å². The van der Waals surface area contributed by atoms with Crippen molar-refractivity contribution < 1.29 is 22.7 Å². The van der Waals surface area contributed by atoms with Crippen molar-refractivity contribution >= 4 is 17.8 Å². The number of ether oxygens (including phenoxy) is 1. The molecular weight excluding hydrogens is 335 g/mol. The molecule has 132 valence electrons. The van der Waals surface area contributed by atoms with Gasteiger partial charge >= 0.3 is 6.18 Å². The number of carbonyl (C=O) groups is 1. The molecule has 0 aliphatic rings. The fourth-order valence-electron chi connectivity index (χ4n) is 1.94. The summed E-state index contributed by atoms with van der Waals surface area (Å²) in [5.74, 6) is 0.192. The lowest BCUT2D eigenvalue weighted by Gasteiger charge is -2.09. The van der Waals surface area contributed by atoms with Gasteiger partial charge in [-0.25, -0.2) is 5.43 Å². The predicted octanol–water partition coefficient (Wildman–Crippen LogP) is 3.28. The third kappa shape index (κ3) is 5.52. The molecule has 0 saturated heterocycles. The van der Waals surface area contributed by atoms with Crippen LogP contribution in [0.1, 0.15) is 11.1 Å². The number of methoxy groups -OCH3 is 1. The first-order valence-corrected chi connectivity index (χ1v) is 7.26. The Morgan fingerprint density at radius 2 is 1.84 bits per heavy atom. The number of nitrogens with one attached hydrogen (secondary N) is 2. The van der Waals surface area contributed by atoms with Crippen LogP contribution in [0.3, 0.4) is 0 Å². The van der Waals surface area contributed by atoms with E-state index < -0.39 is 17.6 Å². The molecule has 0 aromatic heterocycles. The van der Waals surface area contributed by atoms with Crippen LogP contribution in [0.25, 0.3) is 0 Å². The van der Waals surface area contributed by atoms with Gasteiger partial charge in [-0.05, 0) is 29.8 Å². The summed E-state index contributed by atoms with van der Waals surface area (Å²) in [7, 11) is 1.52. The molecular formula is C17H16F3N3O2. The Labute approximate surface area is 142 Å². The Balaban J connectivity index is 1.84. The number of benzene rings is 2. The third-order valence-electron chi connectivity index (χ3n) is 3.19. The topological polar surface area (TPSA) is 62.7 Å². The highest BCUT2D eigenvalue weighted by Crippen LogP contribution is 2.28. The number of carbonyl (C=O) groups excluding carboxylic acids is 1. The number of anilines is 1. The number of alkyl halides is 3. The molecule has 0 heterocycles. The molecule has 2 aromatic rings. The molecule has 5 nitrogen and oxygen atoms in total. The molecule has 0 aliphatic carbocycles. The molecule has 2 aromatic carbocycles. The van der Waals surface area contributed by atoms with Gasteiger partial charge in [0, 0.05) is 0 Å². The first-order valence-electron chi connectivity index (χ1n) is 7.26. The van der Waals surface area contributed by atoms with Gasteiger partial charge in [0.1, 0.15) is 5.75 Å². The minimum atomic E-state index is -4.38. The molecule has 0 spiro atoms. The number of amides is 1. The molecule has 0 bridgehead atoms. The summed E-state index contributed by atoms with van der Waals surface area (Å²) in [6, 6.07) is 11.6. The van der Waals surface area contributed by atoms with Crippen molar-refractivity contribution in [2.45, 2.75) is 6.18 Å². The standard InChI is InChI=1S/C17H16F3N3O2/c1-25-15-5-3-2-4-14(15)21-11-16(24)23-22-10-12-6-8-13(9-7-12)17(18,19)20/h2-10,21H,11H2,1H3,(H,23,24)/b22-10-. The fraction of sp³-hybridized carbons (Fsp3) is 0.176. The number of hydrogen-bond donors (Lipinski definition) is 2. The maximum Gasteiger partial charge on any atom is 0.416 e. The van der Waals surface area contributed by atoms with Crippen LogP contribution in [0.2, 0.25) is 0 Å². The molecule has 8 heteroatoms. The van der Waals surface area contributed by atoms with Crippen LogP contribution in [-0.4, -0.2) is 25.8 Å². The second kappa shape index (κ2) is 8.18. The zero-order valence-electron chi connectivity index (χ0n) is 13.3. The van der Waals surface area contributed by atoms with Crippen LogP contribution in [-0.2, 0) is 11.0 Å². The zero-order valence-corrected chi connectivity index (χ0v) is 13.3. The molecule has 0 unspecified atom stereocenters. The van der Waals surface area contributed by atoms with Crippen LogP contribution in [0.4, 0.5) is 18.9 Å². The Bertz CT molecular complexity index is 744. The molecule has 0 fully saturated rings. The van der Waals surface area contributed by atoms with Crippen molar-refractivity contribution in [1.29, 1.82) is 0 Å². The van der Waals surface area contributed by atoms with Gasteiger partial charge in [-0.15, -0.1) is 0 Å².